The first-order valence-electron chi connectivity index (χ1n) is 18.7. The van der Waals surface area contributed by atoms with Gasteiger partial charge >= 0.3 is 0 Å². The SMILES string of the molecule is c1ccc(-c2cccc(-c3nc(-c4ccccc4)nc(-c4cc(-c5ccc6sc7ccccc7c6c5)cc(-c5ccc6sc7ccccc7c6c5)c4)n3)c2)cc1. The van der Waals surface area contributed by atoms with Crippen LogP contribution < -0.4 is 0 Å². The molecule has 3 aromatic heterocycles. The summed E-state index contributed by atoms with van der Waals surface area (Å²) in [6.07, 6.45) is 0. The fraction of sp³-hybridized carbons (Fsp3) is 0. The Morgan fingerprint density at radius 1 is 0.232 bits per heavy atom. The average Bonchev–Trinajstić information content (AvgIpc) is 3.84. The molecule has 0 atom stereocenters. The van der Waals surface area contributed by atoms with E-state index in [-0.39, 0.29) is 0 Å². The van der Waals surface area contributed by atoms with Gasteiger partial charge in [0.25, 0.3) is 0 Å². The first kappa shape index (κ1) is 32.6. The van der Waals surface area contributed by atoms with Gasteiger partial charge in [-0.15, -0.1) is 22.7 Å². The Labute approximate surface area is 331 Å². The summed E-state index contributed by atoms with van der Waals surface area (Å²) in [6, 6.07) is 67.0. The zero-order chi connectivity index (χ0) is 37.0. The van der Waals surface area contributed by atoms with Crippen molar-refractivity contribution < 1.29 is 0 Å². The summed E-state index contributed by atoms with van der Waals surface area (Å²) in [5.41, 5.74) is 9.60. The highest BCUT2D eigenvalue weighted by Gasteiger charge is 2.17. The normalized spacial score (nSPS) is 11.6. The van der Waals surface area contributed by atoms with Gasteiger partial charge in [-0.05, 0) is 94.0 Å². The molecule has 0 spiro atoms. The number of hydrogen-bond acceptors (Lipinski definition) is 5. The Balaban J connectivity index is 1.13. The zero-order valence-electron chi connectivity index (χ0n) is 30.1. The highest BCUT2D eigenvalue weighted by molar-refractivity contribution is 7.26. The van der Waals surface area contributed by atoms with Crippen molar-refractivity contribution in [1.82, 2.24) is 15.0 Å². The van der Waals surface area contributed by atoms with E-state index < -0.39 is 0 Å². The average molecular weight is 750 g/mol. The van der Waals surface area contributed by atoms with Crippen LogP contribution in [0.2, 0.25) is 0 Å². The van der Waals surface area contributed by atoms with Crippen molar-refractivity contribution in [2.75, 3.05) is 0 Å². The van der Waals surface area contributed by atoms with Crippen LogP contribution in [0.4, 0.5) is 0 Å². The third-order valence-corrected chi connectivity index (χ3v) is 12.8. The summed E-state index contributed by atoms with van der Waals surface area (Å²) >= 11 is 3.68. The predicted molar refractivity (Wildman–Crippen MR) is 238 cm³/mol. The monoisotopic (exact) mass is 749 g/mol. The third-order valence-electron chi connectivity index (χ3n) is 10.5. The van der Waals surface area contributed by atoms with Crippen LogP contribution in [0.15, 0.2) is 188 Å². The van der Waals surface area contributed by atoms with E-state index in [1.165, 1.54) is 40.3 Å². The molecule has 0 radical (unpaired) electrons. The van der Waals surface area contributed by atoms with Gasteiger partial charge in [0.05, 0.1) is 0 Å². The summed E-state index contributed by atoms with van der Waals surface area (Å²) in [7, 11) is 0. The van der Waals surface area contributed by atoms with Crippen LogP contribution in [-0.4, -0.2) is 15.0 Å². The van der Waals surface area contributed by atoms with E-state index in [1.807, 2.05) is 46.9 Å². The molecule has 8 aromatic carbocycles. The van der Waals surface area contributed by atoms with E-state index in [9.17, 15) is 0 Å². The maximum absolute atomic E-state index is 5.25. The maximum atomic E-state index is 5.25. The number of nitrogens with zero attached hydrogens (tertiary/aromatic N) is 3. The summed E-state index contributed by atoms with van der Waals surface area (Å²) < 4.78 is 5.17. The Hall–Kier alpha value is -6.79. The van der Waals surface area contributed by atoms with Crippen molar-refractivity contribution in [3.05, 3.63) is 188 Å². The summed E-state index contributed by atoms with van der Waals surface area (Å²) in [5, 5.41) is 5.11. The molecule has 262 valence electrons. The number of fused-ring (bicyclic) bond motifs is 6. The molecule has 3 nitrogen and oxygen atoms in total. The van der Waals surface area contributed by atoms with Gasteiger partial charge in [0.2, 0.25) is 0 Å². The molecule has 0 amide bonds. The second kappa shape index (κ2) is 13.5. The number of thiophene rings is 2. The molecule has 0 fully saturated rings. The molecule has 0 aliphatic carbocycles. The second-order valence-electron chi connectivity index (χ2n) is 14.0. The van der Waals surface area contributed by atoms with Gasteiger partial charge in [0.1, 0.15) is 0 Å². The van der Waals surface area contributed by atoms with Crippen molar-refractivity contribution in [2.45, 2.75) is 0 Å². The maximum Gasteiger partial charge on any atom is 0.164 e. The lowest BCUT2D eigenvalue weighted by atomic mass is 9.94. The van der Waals surface area contributed by atoms with Crippen LogP contribution in [-0.2, 0) is 0 Å². The highest BCUT2D eigenvalue weighted by Crippen LogP contribution is 2.41. The first-order valence-corrected chi connectivity index (χ1v) is 20.3. The van der Waals surface area contributed by atoms with Gasteiger partial charge in [-0.1, -0.05) is 127 Å². The highest BCUT2D eigenvalue weighted by atomic mass is 32.1. The predicted octanol–water partition coefficient (Wildman–Crippen LogP) is 14.6. The largest absolute Gasteiger partial charge is 0.208 e. The third kappa shape index (κ3) is 5.86. The number of benzene rings is 8. The van der Waals surface area contributed by atoms with Gasteiger partial charge in [0.15, 0.2) is 17.5 Å². The molecule has 5 heteroatoms. The molecular formula is C51H31N3S2. The lowest BCUT2D eigenvalue weighted by Crippen LogP contribution is -2.00. The zero-order valence-corrected chi connectivity index (χ0v) is 31.7. The molecule has 0 bridgehead atoms. The molecule has 3 heterocycles. The summed E-state index contributed by atoms with van der Waals surface area (Å²) in [5.74, 6) is 1.90. The fourth-order valence-corrected chi connectivity index (χ4v) is 9.89. The van der Waals surface area contributed by atoms with Gasteiger partial charge in [-0.2, -0.15) is 0 Å². The smallest absolute Gasteiger partial charge is 0.164 e. The van der Waals surface area contributed by atoms with E-state index in [0.717, 1.165) is 50.1 Å². The first-order chi connectivity index (χ1) is 27.7. The molecule has 11 rings (SSSR count). The number of aromatic nitrogens is 3. The van der Waals surface area contributed by atoms with E-state index in [2.05, 4.69) is 164 Å². The molecule has 56 heavy (non-hydrogen) atoms. The molecule has 11 aromatic rings. The van der Waals surface area contributed by atoms with Crippen molar-refractivity contribution in [3.63, 3.8) is 0 Å². The van der Waals surface area contributed by atoms with Crippen LogP contribution in [0.1, 0.15) is 0 Å². The molecule has 0 aliphatic heterocycles. The van der Waals surface area contributed by atoms with Crippen LogP contribution in [0, 0.1) is 0 Å². The van der Waals surface area contributed by atoms with E-state index in [0.29, 0.717) is 17.5 Å². The van der Waals surface area contributed by atoms with Crippen molar-refractivity contribution in [3.8, 4) is 67.5 Å². The Kier molecular flexibility index (Phi) is 7.87. The molecule has 0 unspecified atom stereocenters. The van der Waals surface area contributed by atoms with E-state index >= 15 is 0 Å². The Morgan fingerprint density at radius 3 is 1.21 bits per heavy atom. The standard InChI is InChI=1S/C51H31N3S2/c1-3-12-32(13-4-1)34-16-11-17-37(26-34)50-52-49(33-14-5-2-6-15-33)53-51(54-50)40-28-38(35-22-24-47-43(30-35)41-18-7-9-20-45(41)55-47)27-39(29-40)36-23-25-48-44(31-36)42-19-8-10-21-46(42)56-48/h1-31H. The Morgan fingerprint density at radius 2 is 0.625 bits per heavy atom. The number of rotatable bonds is 6. The minimum absolute atomic E-state index is 0.631. The van der Waals surface area contributed by atoms with Gasteiger partial charge in [0, 0.05) is 57.0 Å². The van der Waals surface area contributed by atoms with Crippen LogP contribution >= 0.6 is 22.7 Å². The van der Waals surface area contributed by atoms with Gasteiger partial charge in [-0.3, -0.25) is 0 Å². The lowest BCUT2D eigenvalue weighted by Gasteiger charge is -2.13. The van der Waals surface area contributed by atoms with Crippen molar-refractivity contribution in [1.29, 1.82) is 0 Å². The van der Waals surface area contributed by atoms with Crippen molar-refractivity contribution in [2.24, 2.45) is 0 Å². The minimum Gasteiger partial charge on any atom is -0.208 e. The molecule has 0 saturated carbocycles. The minimum atomic E-state index is 0.631. The topological polar surface area (TPSA) is 38.7 Å². The summed E-state index contributed by atoms with van der Waals surface area (Å²) in [4.78, 5) is 15.5. The Bertz CT molecular complexity index is 3120. The van der Waals surface area contributed by atoms with E-state index in [4.69, 9.17) is 15.0 Å². The van der Waals surface area contributed by atoms with Gasteiger partial charge in [-0.25, -0.2) is 15.0 Å². The lowest BCUT2D eigenvalue weighted by molar-refractivity contribution is 1.07. The second-order valence-corrected chi connectivity index (χ2v) is 16.2. The molecule has 0 aliphatic rings. The summed E-state index contributed by atoms with van der Waals surface area (Å²) in [6.45, 7) is 0. The number of hydrogen-bond donors (Lipinski definition) is 0. The van der Waals surface area contributed by atoms with E-state index in [1.54, 1.807) is 0 Å². The van der Waals surface area contributed by atoms with Crippen LogP contribution in [0.3, 0.4) is 0 Å². The van der Waals surface area contributed by atoms with Gasteiger partial charge < -0.3 is 0 Å². The fourth-order valence-electron chi connectivity index (χ4n) is 7.72. The van der Waals surface area contributed by atoms with Crippen LogP contribution in [0.5, 0.6) is 0 Å². The quantitative estimate of drug-likeness (QED) is 0.170. The van der Waals surface area contributed by atoms with Crippen molar-refractivity contribution >= 4 is 63.0 Å². The molecular weight excluding hydrogens is 719 g/mol. The van der Waals surface area contributed by atoms with Crippen LogP contribution in [0.25, 0.3) is 108 Å². The molecule has 0 saturated heterocycles. The molecule has 0 N–H and O–H groups in total.